The van der Waals surface area contributed by atoms with Gasteiger partial charge in [0.15, 0.2) is 5.69 Å². The topological polar surface area (TPSA) is 105 Å². The van der Waals surface area contributed by atoms with Crippen LogP contribution in [0.1, 0.15) is 34.6 Å². The maximum absolute atomic E-state index is 14.5. The molecular formula is C23H22F7N7O2S. The molecule has 1 saturated heterocycles. The number of hydrogen-bond donors (Lipinski definition) is 2. The second kappa shape index (κ2) is 11.9. The molecule has 1 aliphatic rings. The van der Waals surface area contributed by atoms with Crippen LogP contribution >= 0.6 is 11.5 Å². The highest BCUT2D eigenvalue weighted by atomic mass is 32.1. The van der Waals surface area contributed by atoms with E-state index in [0.29, 0.717) is 11.9 Å². The Balaban J connectivity index is 1.33. The molecular weight excluding hydrogens is 571 g/mol. The Bertz CT molecular complexity index is 1300. The Hall–Kier alpha value is -3.60. The van der Waals surface area contributed by atoms with Crippen molar-refractivity contribution in [2.24, 2.45) is 0 Å². The van der Waals surface area contributed by atoms with Crippen LogP contribution in [0.3, 0.4) is 0 Å². The summed E-state index contributed by atoms with van der Waals surface area (Å²) in [6.45, 7) is 1.36. The molecule has 3 aromatic rings. The first kappa shape index (κ1) is 29.4. The maximum Gasteiger partial charge on any atom is 0.434 e. The molecule has 2 unspecified atom stereocenters. The number of likely N-dealkylation sites (tertiary alicyclic amines) is 1. The highest BCUT2D eigenvalue weighted by molar-refractivity contribution is 7.10. The Kier molecular flexibility index (Phi) is 8.72. The van der Waals surface area contributed by atoms with Gasteiger partial charge >= 0.3 is 12.4 Å². The molecule has 40 heavy (non-hydrogen) atoms. The normalized spacial score (nSPS) is 18.4. The quantitative estimate of drug-likeness (QED) is 0.335. The van der Waals surface area contributed by atoms with Crippen LogP contribution in [-0.2, 0) is 6.18 Å². The van der Waals surface area contributed by atoms with Crippen molar-refractivity contribution in [3.63, 3.8) is 0 Å². The Morgan fingerprint density at radius 3 is 2.50 bits per heavy atom. The Morgan fingerprint density at radius 2 is 1.90 bits per heavy atom. The first-order valence-electron chi connectivity index (χ1n) is 11.8. The SMILES string of the molecule is Cc1nsc(Nc2cnc(C(F)(F)F)cn2)c1C(=O)Nc1ccc(OC2CCN(CCC(F)(F)F)CC2F)nc1. The lowest BCUT2D eigenvalue weighted by Gasteiger charge is -2.34. The maximum atomic E-state index is 14.5. The number of aromatic nitrogens is 4. The molecule has 4 rings (SSSR count). The first-order valence-corrected chi connectivity index (χ1v) is 12.6. The predicted molar refractivity (Wildman–Crippen MR) is 130 cm³/mol. The van der Waals surface area contributed by atoms with Gasteiger partial charge in [0.25, 0.3) is 5.91 Å². The molecule has 0 saturated carbocycles. The van der Waals surface area contributed by atoms with E-state index in [1.54, 1.807) is 6.92 Å². The van der Waals surface area contributed by atoms with E-state index < -0.39 is 42.7 Å². The number of rotatable bonds is 8. The van der Waals surface area contributed by atoms with Crippen molar-refractivity contribution in [2.75, 3.05) is 30.3 Å². The van der Waals surface area contributed by atoms with Gasteiger partial charge in [-0.05, 0) is 30.9 Å². The van der Waals surface area contributed by atoms with Crippen LogP contribution in [0.15, 0.2) is 30.7 Å². The number of nitrogens with one attached hydrogen (secondary N) is 2. The molecule has 216 valence electrons. The first-order chi connectivity index (χ1) is 18.8. The number of halogens is 7. The number of aryl methyl sites for hydroxylation is 1. The van der Waals surface area contributed by atoms with Crippen molar-refractivity contribution in [1.29, 1.82) is 0 Å². The second-order valence-electron chi connectivity index (χ2n) is 8.85. The molecule has 4 heterocycles. The number of hydrogen-bond acceptors (Lipinski definition) is 9. The van der Waals surface area contributed by atoms with E-state index in [1.807, 2.05) is 0 Å². The smallest absolute Gasteiger partial charge is 0.434 e. The summed E-state index contributed by atoms with van der Waals surface area (Å²) in [6, 6.07) is 2.88. The lowest BCUT2D eigenvalue weighted by atomic mass is 10.1. The highest BCUT2D eigenvalue weighted by Crippen LogP contribution is 2.30. The lowest BCUT2D eigenvalue weighted by molar-refractivity contribution is -0.141. The number of anilines is 3. The van der Waals surface area contributed by atoms with Gasteiger partial charge < -0.3 is 15.4 Å². The lowest BCUT2D eigenvalue weighted by Crippen LogP contribution is -2.47. The van der Waals surface area contributed by atoms with Crippen molar-refractivity contribution >= 4 is 33.9 Å². The van der Waals surface area contributed by atoms with Gasteiger partial charge in [0.05, 0.1) is 42.0 Å². The summed E-state index contributed by atoms with van der Waals surface area (Å²) in [4.78, 5) is 25.4. The molecule has 9 nitrogen and oxygen atoms in total. The van der Waals surface area contributed by atoms with E-state index in [2.05, 4.69) is 30.0 Å². The molecule has 17 heteroatoms. The number of piperidine rings is 1. The highest BCUT2D eigenvalue weighted by Gasteiger charge is 2.34. The van der Waals surface area contributed by atoms with Crippen LogP contribution in [0.25, 0.3) is 0 Å². The minimum atomic E-state index is -4.64. The molecule has 1 amide bonds. The average molecular weight is 594 g/mol. The van der Waals surface area contributed by atoms with Gasteiger partial charge in [-0.2, -0.15) is 30.7 Å². The molecule has 0 aromatic carbocycles. The van der Waals surface area contributed by atoms with Crippen molar-refractivity contribution in [3.05, 3.63) is 47.7 Å². The largest absolute Gasteiger partial charge is 0.471 e. The molecule has 0 aliphatic carbocycles. The Morgan fingerprint density at radius 1 is 1.12 bits per heavy atom. The van der Waals surface area contributed by atoms with Gasteiger partial charge in [0, 0.05) is 25.7 Å². The van der Waals surface area contributed by atoms with E-state index >= 15 is 0 Å². The fraction of sp³-hybridized carbons (Fsp3) is 0.435. The zero-order chi connectivity index (χ0) is 29.1. The van der Waals surface area contributed by atoms with E-state index in [0.717, 1.165) is 17.7 Å². The number of carbonyl (C=O) groups excluding carboxylic acids is 1. The summed E-state index contributed by atoms with van der Waals surface area (Å²) >= 11 is 0.904. The molecule has 1 aliphatic heterocycles. The van der Waals surface area contributed by atoms with Crippen LogP contribution in [-0.4, -0.2) is 68.2 Å². The number of amides is 1. The zero-order valence-electron chi connectivity index (χ0n) is 20.7. The molecule has 3 aromatic heterocycles. The fourth-order valence-corrected chi connectivity index (χ4v) is 4.62. The third-order valence-corrected chi connectivity index (χ3v) is 6.67. The minimum Gasteiger partial charge on any atom is -0.471 e. The third-order valence-electron chi connectivity index (χ3n) is 5.82. The van der Waals surface area contributed by atoms with E-state index in [-0.39, 0.29) is 54.0 Å². The monoisotopic (exact) mass is 593 g/mol. The standard InChI is InChI=1S/C23H22F7N7O2S/c1-12-19(21(40-36-12)35-17-10-31-16(9-32-17)23(28,29)30)20(38)34-13-2-3-18(33-8-13)39-15-4-6-37(11-14(15)24)7-5-22(25,26)27/h2-3,8-10,14-15H,4-7,11H2,1H3,(H,32,35)(H,34,38). The molecule has 0 spiro atoms. The van der Waals surface area contributed by atoms with E-state index in [9.17, 15) is 35.5 Å². The number of alkyl halides is 7. The molecule has 2 N–H and O–H groups in total. The number of pyridine rings is 1. The summed E-state index contributed by atoms with van der Waals surface area (Å²) in [7, 11) is 0. The van der Waals surface area contributed by atoms with Crippen LogP contribution < -0.4 is 15.4 Å². The van der Waals surface area contributed by atoms with Crippen LogP contribution in [0.5, 0.6) is 5.88 Å². The van der Waals surface area contributed by atoms with E-state index in [1.165, 1.54) is 23.2 Å². The number of nitrogens with zero attached hydrogens (tertiary/aromatic N) is 5. The van der Waals surface area contributed by atoms with Crippen molar-refractivity contribution in [3.8, 4) is 5.88 Å². The summed E-state index contributed by atoms with van der Waals surface area (Å²) in [6.07, 6.45) is -9.43. The third kappa shape index (κ3) is 7.74. The molecule has 0 radical (unpaired) electrons. The van der Waals surface area contributed by atoms with Crippen molar-refractivity contribution < 1.29 is 40.3 Å². The fourth-order valence-electron chi connectivity index (χ4n) is 3.82. The van der Waals surface area contributed by atoms with Gasteiger partial charge in [-0.15, -0.1) is 0 Å². The van der Waals surface area contributed by atoms with Gasteiger partial charge in [-0.1, -0.05) is 0 Å². The van der Waals surface area contributed by atoms with Gasteiger partial charge in [0.2, 0.25) is 5.88 Å². The summed E-state index contributed by atoms with van der Waals surface area (Å²) in [5, 5.41) is 5.59. The van der Waals surface area contributed by atoms with Crippen LogP contribution in [0.2, 0.25) is 0 Å². The van der Waals surface area contributed by atoms with E-state index in [4.69, 9.17) is 4.74 Å². The number of carbonyl (C=O) groups is 1. The van der Waals surface area contributed by atoms with Gasteiger partial charge in [0.1, 0.15) is 23.1 Å². The average Bonchev–Trinajstić information content (AvgIpc) is 3.24. The Labute approximate surface area is 227 Å². The minimum absolute atomic E-state index is 0.0220. The summed E-state index contributed by atoms with van der Waals surface area (Å²) < 4.78 is 99.6. The van der Waals surface area contributed by atoms with Gasteiger partial charge in [-0.25, -0.2) is 19.3 Å². The molecule has 1 fully saturated rings. The van der Waals surface area contributed by atoms with Crippen LogP contribution in [0, 0.1) is 6.92 Å². The van der Waals surface area contributed by atoms with Crippen molar-refractivity contribution in [2.45, 2.75) is 44.4 Å². The van der Waals surface area contributed by atoms with Crippen LogP contribution in [0.4, 0.5) is 47.2 Å². The summed E-state index contributed by atoms with van der Waals surface area (Å²) in [5.74, 6) is -0.531. The van der Waals surface area contributed by atoms with Crippen molar-refractivity contribution in [1.82, 2.24) is 24.2 Å². The molecule has 0 bridgehead atoms. The predicted octanol–water partition coefficient (Wildman–Crippen LogP) is 5.39. The van der Waals surface area contributed by atoms with Gasteiger partial charge in [-0.3, -0.25) is 9.69 Å². The second-order valence-corrected chi connectivity index (χ2v) is 9.62. The number of ether oxygens (including phenoxy) is 1. The zero-order valence-corrected chi connectivity index (χ0v) is 21.5. The molecule has 2 atom stereocenters. The summed E-state index contributed by atoms with van der Waals surface area (Å²) in [5.41, 5.74) is -0.412.